The third kappa shape index (κ3) is 6.02. The number of nitrogens with one attached hydrogen (secondary N) is 1. The maximum Gasteiger partial charge on any atom is 0.328 e. The Morgan fingerprint density at radius 3 is 2.25 bits per heavy atom. The van der Waals surface area contributed by atoms with E-state index in [1.54, 1.807) is 30.3 Å². The maximum absolute atomic E-state index is 12.6. The van der Waals surface area contributed by atoms with Gasteiger partial charge in [-0.1, -0.05) is 32.0 Å². The van der Waals surface area contributed by atoms with Gasteiger partial charge in [-0.05, 0) is 24.5 Å². The summed E-state index contributed by atoms with van der Waals surface area (Å²) >= 11 is 0. The van der Waals surface area contributed by atoms with Gasteiger partial charge in [0.1, 0.15) is 6.04 Å². The number of amides is 1. The zero-order valence-corrected chi connectivity index (χ0v) is 17.4. The first-order chi connectivity index (χ1) is 13.2. The van der Waals surface area contributed by atoms with Crippen molar-refractivity contribution in [2.45, 2.75) is 31.2 Å². The Balaban J connectivity index is 1.88. The molecular weight excluding hydrogens is 382 g/mol. The summed E-state index contributed by atoms with van der Waals surface area (Å²) in [5, 5.41) is 2.73. The third-order valence-electron chi connectivity index (χ3n) is 4.61. The van der Waals surface area contributed by atoms with Gasteiger partial charge in [0.2, 0.25) is 15.9 Å². The van der Waals surface area contributed by atoms with Gasteiger partial charge in [0.05, 0.1) is 18.6 Å². The third-order valence-corrected chi connectivity index (χ3v) is 6.52. The highest BCUT2D eigenvalue weighted by Crippen LogP contribution is 2.17. The second-order valence-corrected chi connectivity index (χ2v) is 9.20. The van der Waals surface area contributed by atoms with Crippen LogP contribution in [-0.2, 0) is 24.3 Å². The van der Waals surface area contributed by atoms with E-state index >= 15 is 0 Å². The van der Waals surface area contributed by atoms with Crippen molar-refractivity contribution in [1.82, 2.24) is 14.5 Å². The minimum Gasteiger partial charge on any atom is -0.467 e. The Hall–Kier alpha value is -1.97. The van der Waals surface area contributed by atoms with Crippen LogP contribution in [0.25, 0.3) is 0 Å². The second-order valence-electron chi connectivity index (χ2n) is 7.27. The standard InChI is InChI=1S/C19H29N3O5S/c1-15(2)13-17(19(24)27-3)20-18(23)14-21-9-11-22(12-10-21)28(25,26)16-7-5-4-6-8-16/h4-8,15,17H,9-14H2,1-3H3,(H,20,23)/t17-/m1/s1. The summed E-state index contributed by atoms with van der Waals surface area (Å²) in [6, 6.07) is 7.66. The molecule has 0 aromatic heterocycles. The smallest absolute Gasteiger partial charge is 0.328 e. The Labute approximate surface area is 166 Å². The lowest BCUT2D eigenvalue weighted by Gasteiger charge is -2.33. The summed E-state index contributed by atoms with van der Waals surface area (Å²) in [4.78, 5) is 26.3. The fourth-order valence-corrected chi connectivity index (χ4v) is 4.58. The number of nitrogens with zero attached hydrogens (tertiary/aromatic N) is 2. The summed E-state index contributed by atoms with van der Waals surface area (Å²) < 4.78 is 31.5. The number of carbonyl (C=O) groups excluding carboxylic acids is 2. The molecule has 8 nitrogen and oxygen atoms in total. The monoisotopic (exact) mass is 411 g/mol. The molecule has 1 aliphatic rings. The average molecular weight is 412 g/mol. The van der Waals surface area contributed by atoms with E-state index in [0.717, 1.165) is 0 Å². The summed E-state index contributed by atoms with van der Waals surface area (Å²) in [5.41, 5.74) is 0. The highest BCUT2D eigenvalue weighted by molar-refractivity contribution is 7.89. The summed E-state index contributed by atoms with van der Waals surface area (Å²) in [7, 11) is -2.22. The van der Waals surface area contributed by atoms with E-state index in [-0.39, 0.29) is 23.3 Å². The Bertz CT molecular complexity index is 759. The Morgan fingerprint density at radius 1 is 1.11 bits per heavy atom. The number of sulfonamides is 1. The maximum atomic E-state index is 12.6. The summed E-state index contributed by atoms with van der Waals surface area (Å²) in [6.07, 6.45) is 0.501. The molecule has 2 rings (SSSR count). The number of carbonyl (C=O) groups is 2. The number of esters is 1. The van der Waals surface area contributed by atoms with Gasteiger partial charge in [0.25, 0.3) is 0 Å². The molecule has 156 valence electrons. The molecule has 1 fully saturated rings. The number of benzene rings is 1. The number of piperazine rings is 1. The van der Waals surface area contributed by atoms with Crippen LogP contribution in [0.3, 0.4) is 0 Å². The molecule has 1 aliphatic heterocycles. The largest absolute Gasteiger partial charge is 0.467 e. The van der Waals surface area contributed by atoms with Crippen LogP contribution in [-0.4, -0.2) is 75.4 Å². The predicted octanol–water partition coefficient (Wildman–Crippen LogP) is 0.697. The van der Waals surface area contributed by atoms with Crippen LogP contribution >= 0.6 is 0 Å². The molecule has 1 heterocycles. The van der Waals surface area contributed by atoms with Crippen LogP contribution in [0.1, 0.15) is 20.3 Å². The first kappa shape index (κ1) is 22.3. The fraction of sp³-hybridized carbons (Fsp3) is 0.579. The highest BCUT2D eigenvalue weighted by atomic mass is 32.2. The molecule has 1 aromatic rings. The molecule has 1 N–H and O–H groups in total. The lowest BCUT2D eigenvalue weighted by Crippen LogP contribution is -2.52. The minimum atomic E-state index is -3.52. The topological polar surface area (TPSA) is 96.0 Å². The van der Waals surface area contributed by atoms with Gasteiger partial charge < -0.3 is 10.1 Å². The van der Waals surface area contributed by atoms with Crippen LogP contribution < -0.4 is 5.32 Å². The fourth-order valence-electron chi connectivity index (χ4n) is 3.14. The van der Waals surface area contributed by atoms with Gasteiger partial charge in [0, 0.05) is 26.2 Å². The zero-order chi connectivity index (χ0) is 20.7. The molecule has 0 bridgehead atoms. The van der Waals surface area contributed by atoms with Crippen molar-refractivity contribution in [3.63, 3.8) is 0 Å². The Kier molecular flexibility index (Phi) is 7.97. The van der Waals surface area contributed by atoms with Crippen molar-refractivity contribution in [3.8, 4) is 0 Å². The molecule has 28 heavy (non-hydrogen) atoms. The van der Waals surface area contributed by atoms with Crippen LogP contribution in [0.4, 0.5) is 0 Å². The van der Waals surface area contributed by atoms with Gasteiger partial charge in [-0.25, -0.2) is 13.2 Å². The zero-order valence-electron chi connectivity index (χ0n) is 16.6. The van der Waals surface area contributed by atoms with E-state index in [0.29, 0.717) is 32.6 Å². The van der Waals surface area contributed by atoms with Gasteiger partial charge in [-0.2, -0.15) is 4.31 Å². The van der Waals surface area contributed by atoms with Crippen molar-refractivity contribution < 1.29 is 22.7 Å². The van der Waals surface area contributed by atoms with E-state index in [9.17, 15) is 18.0 Å². The minimum absolute atomic E-state index is 0.116. The summed E-state index contributed by atoms with van der Waals surface area (Å²) in [5.74, 6) is -0.493. The first-order valence-electron chi connectivity index (χ1n) is 9.38. The normalized spacial score (nSPS) is 17.3. The van der Waals surface area contributed by atoms with Crippen molar-refractivity contribution in [2.75, 3.05) is 39.8 Å². The first-order valence-corrected chi connectivity index (χ1v) is 10.8. The SMILES string of the molecule is COC(=O)[C@@H](CC(C)C)NC(=O)CN1CCN(S(=O)(=O)c2ccccc2)CC1. The van der Waals surface area contributed by atoms with Gasteiger partial charge >= 0.3 is 5.97 Å². The quantitative estimate of drug-likeness (QED) is 0.633. The lowest BCUT2D eigenvalue weighted by atomic mass is 10.0. The molecule has 9 heteroatoms. The highest BCUT2D eigenvalue weighted by Gasteiger charge is 2.29. The molecule has 0 saturated carbocycles. The van der Waals surface area contributed by atoms with E-state index in [1.807, 2.05) is 18.7 Å². The van der Waals surface area contributed by atoms with Crippen LogP contribution in [0, 0.1) is 5.92 Å². The molecule has 0 aliphatic carbocycles. The van der Waals surface area contributed by atoms with Crippen LogP contribution in [0.15, 0.2) is 35.2 Å². The molecule has 1 saturated heterocycles. The molecule has 1 aromatic carbocycles. The molecule has 1 amide bonds. The average Bonchev–Trinajstić information content (AvgIpc) is 2.67. The number of hydrogen-bond donors (Lipinski definition) is 1. The van der Waals surface area contributed by atoms with Crippen molar-refractivity contribution in [2.24, 2.45) is 5.92 Å². The number of methoxy groups -OCH3 is 1. The van der Waals surface area contributed by atoms with Crippen LogP contribution in [0.2, 0.25) is 0 Å². The van der Waals surface area contributed by atoms with E-state index < -0.39 is 22.0 Å². The Morgan fingerprint density at radius 2 is 1.71 bits per heavy atom. The second kappa shape index (κ2) is 9.99. The van der Waals surface area contributed by atoms with Crippen molar-refractivity contribution >= 4 is 21.9 Å². The van der Waals surface area contributed by atoms with Gasteiger partial charge in [-0.3, -0.25) is 9.69 Å². The summed E-state index contributed by atoms with van der Waals surface area (Å²) in [6.45, 7) is 5.58. The van der Waals surface area contributed by atoms with E-state index in [2.05, 4.69) is 5.32 Å². The van der Waals surface area contributed by atoms with Gasteiger partial charge in [-0.15, -0.1) is 0 Å². The molecule has 0 unspecified atom stereocenters. The molecule has 0 radical (unpaired) electrons. The number of rotatable bonds is 8. The number of hydrogen-bond acceptors (Lipinski definition) is 6. The van der Waals surface area contributed by atoms with E-state index in [1.165, 1.54) is 11.4 Å². The molecular formula is C19H29N3O5S. The molecule has 0 spiro atoms. The van der Waals surface area contributed by atoms with Crippen molar-refractivity contribution in [3.05, 3.63) is 30.3 Å². The molecule has 1 atom stereocenters. The number of ether oxygens (including phenoxy) is 1. The van der Waals surface area contributed by atoms with Crippen molar-refractivity contribution in [1.29, 1.82) is 0 Å². The van der Waals surface area contributed by atoms with Crippen LogP contribution in [0.5, 0.6) is 0 Å². The predicted molar refractivity (Wildman–Crippen MR) is 105 cm³/mol. The van der Waals surface area contributed by atoms with Gasteiger partial charge in [0.15, 0.2) is 0 Å². The lowest BCUT2D eigenvalue weighted by molar-refractivity contribution is -0.145. The van der Waals surface area contributed by atoms with E-state index in [4.69, 9.17) is 4.74 Å².